The number of pyridine rings is 1. The van der Waals surface area contributed by atoms with Gasteiger partial charge in [0, 0.05) is 30.8 Å². The quantitative estimate of drug-likeness (QED) is 0.742. The molecule has 1 saturated carbocycles. The van der Waals surface area contributed by atoms with Crippen molar-refractivity contribution in [1.29, 1.82) is 0 Å². The first-order valence-corrected chi connectivity index (χ1v) is 9.12. The van der Waals surface area contributed by atoms with Gasteiger partial charge in [0.1, 0.15) is 5.82 Å². The Bertz CT molecular complexity index is 902. The molecule has 6 nitrogen and oxygen atoms in total. The standard InChI is InChI=1S/C20H23N5O/c21-17-5-3-4-15(17)13-20(26)22-16-9-7-14(8-10-16)12-19-24-23-18-6-1-2-11-25(18)19/h1-2,6-11,15,17H,3-5,12-13,21H2,(H,22,26)/t15-,17+/m0/s1. The summed E-state index contributed by atoms with van der Waals surface area (Å²) >= 11 is 0. The van der Waals surface area contributed by atoms with Gasteiger partial charge in [-0.3, -0.25) is 9.20 Å². The number of carbonyl (C=O) groups is 1. The largest absolute Gasteiger partial charge is 0.327 e. The first kappa shape index (κ1) is 16.7. The van der Waals surface area contributed by atoms with Gasteiger partial charge in [-0.1, -0.05) is 24.6 Å². The Morgan fingerprint density at radius 3 is 2.77 bits per heavy atom. The average Bonchev–Trinajstić information content (AvgIpc) is 3.23. The third kappa shape index (κ3) is 3.60. The van der Waals surface area contributed by atoms with Crippen molar-refractivity contribution in [1.82, 2.24) is 14.6 Å². The van der Waals surface area contributed by atoms with Crippen molar-refractivity contribution in [3.8, 4) is 0 Å². The maximum atomic E-state index is 12.2. The second kappa shape index (κ2) is 7.25. The molecule has 0 unspecified atom stereocenters. The van der Waals surface area contributed by atoms with Crippen LogP contribution in [0.3, 0.4) is 0 Å². The van der Waals surface area contributed by atoms with E-state index in [-0.39, 0.29) is 11.9 Å². The van der Waals surface area contributed by atoms with E-state index >= 15 is 0 Å². The molecule has 6 heteroatoms. The van der Waals surface area contributed by atoms with E-state index in [9.17, 15) is 4.79 Å². The Balaban J connectivity index is 1.38. The Morgan fingerprint density at radius 2 is 2.00 bits per heavy atom. The topological polar surface area (TPSA) is 85.3 Å². The smallest absolute Gasteiger partial charge is 0.224 e. The van der Waals surface area contributed by atoms with Crippen molar-refractivity contribution < 1.29 is 4.79 Å². The van der Waals surface area contributed by atoms with Crippen molar-refractivity contribution in [2.75, 3.05) is 5.32 Å². The van der Waals surface area contributed by atoms with Gasteiger partial charge < -0.3 is 11.1 Å². The second-order valence-electron chi connectivity index (χ2n) is 7.03. The minimum absolute atomic E-state index is 0.0450. The van der Waals surface area contributed by atoms with Crippen LogP contribution in [-0.4, -0.2) is 26.5 Å². The van der Waals surface area contributed by atoms with Crippen LogP contribution in [0, 0.1) is 5.92 Å². The minimum Gasteiger partial charge on any atom is -0.327 e. The fourth-order valence-corrected chi connectivity index (χ4v) is 3.67. The van der Waals surface area contributed by atoms with Crippen LogP contribution >= 0.6 is 0 Å². The number of aromatic nitrogens is 3. The molecular formula is C20H23N5O. The van der Waals surface area contributed by atoms with Crippen LogP contribution in [0.2, 0.25) is 0 Å². The number of rotatable bonds is 5. The van der Waals surface area contributed by atoms with E-state index in [1.54, 1.807) is 0 Å². The van der Waals surface area contributed by atoms with E-state index < -0.39 is 0 Å². The Kier molecular flexibility index (Phi) is 4.67. The monoisotopic (exact) mass is 349 g/mol. The Morgan fingerprint density at radius 1 is 1.15 bits per heavy atom. The zero-order valence-electron chi connectivity index (χ0n) is 14.6. The van der Waals surface area contributed by atoms with Gasteiger partial charge in [0.05, 0.1) is 0 Å². The first-order valence-electron chi connectivity index (χ1n) is 9.12. The summed E-state index contributed by atoms with van der Waals surface area (Å²) in [4.78, 5) is 12.2. The molecule has 0 aliphatic heterocycles. The number of carbonyl (C=O) groups excluding carboxylic acids is 1. The summed E-state index contributed by atoms with van der Waals surface area (Å²) < 4.78 is 1.99. The summed E-state index contributed by atoms with van der Waals surface area (Å²) in [6.07, 6.45) is 6.38. The van der Waals surface area contributed by atoms with Gasteiger partial charge in [0.2, 0.25) is 5.91 Å². The number of anilines is 1. The van der Waals surface area contributed by atoms with Gasteiger partial charge in [0.15, 0.2) is 5.65 Å². The average molecular weight is 349 g/mol. The molecule has 134 valence electrons. The Hall–Kier alpha value is -2.73. The molecule has 1 aliphatic rings. The number of fused-ring (bicyclic) bond motifs is 1. The lowest BCUT2D eigenvalue weighted by molar-refractivity contribution is -0.117. The summed E-state index contributed by atoms with van der Waals surface area (Å²) in [6, 6.07) is 13.9. The van der Waals surface area contributed by atoms with E-state index in [1.807, 2.05) is 53.1 Å². The van der Waals surface area contributed by atoms with E-state index in [0.717, 1.165) is 42.0 Å². The highest BCUT2D eigenvalue weighted by atomic mass is 16.1. The number of nitrogens with one attached hydrogen (secondary N) is 1. The molecule has 3 N–H and O–H groups in total. The van der Waals surface area contributed by atoms with Crippen LogP contribution in [0.1, 0.15) is 37.1 Å². The summed E-state index contributed by atoms with van der Waals surface area (Å²) in [7, 11) is 0. The number of nitrogens with zero attached hydrogens (tertiary/aromatic N) is 3. The fourth-order valence-electron chi connectivity index (χ4n) is 3.67. The molecule has 1 aliphatic carbocycles. The van der Waals surface area contributed by atoms with Crippen LogP contribution < -0.4 is 11.1 Å². The zero-order chi connectivity index (χ0) is 17.9. The normalized spacial score (nSPS) is 19.7. The van der Waals surface area contributed by atoms with Gasteiger partial charge >= 0.3 is 0 Å². The van der Waals surface area contributed by atoms with Gasteiger partial charge in [0.25, 0.3) is 0 Å². The van der Waals surface area contributed by atoms with E-state index in [2.05, 4.69) is 15.5 Å². The molecule has 26 heavy (non-hydrogen) atoms. The highest BCUT2D eigenvalue weighted by molar-refractivity contribution is 5.90. The number of hydrogen-bond acceptors (Lipinski definition) is 4. The van der Waals surface area contributed by atoms with Crippen molar-refractivity contribution in [2.45, 2.75) is 38.1 Å². The highest BCUT2D eigenvalue weighted by Crippen LogP contribution is 2.27. The van der Waals surface area contributed by atoms with Gasteiger partial charge in [-0.25, -0.2) is 0 Å². The summed E-state index contributed by atoms with van der Waals surface area (Å²) in [6.45, 7) is 0. The van der Waals surface area contributed by atoms with E-state index in [4.69, 9.17) is 5.73 Å². The van der Waals surface area contributed by atoms with Crippen LogP contribution in [0.5, 0.6) is 0 Å². The lowest BCUT2D eigenvalue weighted by Gasteiger charge is -2.14. The molecule has 0 saturated heterocycles. The number of nitrogens with two attached hydrogens (primary N) is 1. The molecule has 4 rings (SSSR count). The third-order valence-electron chi connectivity index (χ3n) is 5.15. The lowest BCUT2D eigenvalue weighted by Crippen LogP contribution is -2.28. The third-order valence-corrected chi connectivity index (χ3v) is 5.15. The van der Waals surface area contributed by atoms with Gasteiger partial charge in [-0.15, -0.1) is 10.2 Å². The van der Waals surface area contributed by atoms with Crippen LogP contribution in [0.15, 0.2) is 48.7 Å². The second-order valence-corrected chi connectivity index (χ2v) is 7.03. The minimum atomic E-state index is 0.0450. The van der Waals surface area contributed by atoms with E-state index in [1.165, 1.54) is 0 Å². The summed E-state index contributed by atoms with van der Waals surface area (Å²) in [5.41, 5.74) is 8.84. The Labute approximate surface area is 152 Å². The maximum Gasteiger partial charge on any atom is 0.224 e. The van der Waals surface area contributed by atoms with Crippen LogP contribution in [-0.2, 0) is 11.2 Å². The van der Waals surface area contributed by atoms with E-state index in [0.29, 0.717) is 18.8 Å². The van der Waals surface area contributed by atoms with Crippen molar-refractivity contribution in [3.05, 3.63) is 60.0 Å². The van der Waals surface area contributed by atoms with Crippen LogP contribution in [0.25, 0.3) is 5.65 Å². The molecule has 0 bridgehead atoms. The number of hydrogen-bond donors (Lipinski definition) is 2. The molecule has 2 heterocycles. The van der Waals surface area contributed by atoms with Gasteiger partial charge in [-0.05, 0) is 48.6 Å². The zero-order valence-corrected chi connectivity index (χ0v) is 14.6. The first-order chi connectivity index (χ1) is 12.7. The van der Waals surface area contributed by atoms with Crippen molar-refractivity contribution in [2.24, 2.45) is 11.7 Å². The maximum absolute atomic E-state index is 12.2. The van der Waals surface area contributed by atoms with Crippen molar-refractivity contribution in [3.63, 3.8) is 0 Å². The number of amides is 1. The molecular weight excluding hydrogens is 326 g/mol. The summed E-state index contributed by atoms with van der Waals surface area (Å²) in [5, 5.41) is 11.4. The molecule has 2 atom stereocenters. The molecule has 0 spiro atoms. The SMILES string of the molecule is N[C@@H]1CCC[C@H]1CC(=O)Nc1ccc(Cc2nnc3ccccn23)cc1. The molecule has 0 radical (unpaired) electrons. The number of benzene rings is 1. The fraction of sp³-hybridized carbons (Fsp3) is 0.350. The van der Waals surface area contributed by atoms with Crippen molar-refractivity contribution >= 4 is 17.2 Å². The molecule has 2 aromatic heterocycles. The molecule has 1 aromatic carbocycles. The molecule has 3 aromatic rings. The highest BCUT2D eigenvalue weighted by Gasteiger charge is 2.25. The molecule has 1 amide bonds. The molecule has 1 fully saturated rings. The summed E-state index contributed by atoms with van der Waals surface area (Å²) in [5.74, 6) is 1.26. The predicted molar refractivity (Wildman–Crippen MR) is 101 cm³/mol. The lowest BCUT2D eigenvalue weighted by atomic mass is 10.00. The van der Waals surface area contributed by atoms with Crippen LogP contribution in [0.4, 0.5) is 5.69 Å². The predicted octanol–water partition coefficient (Wildman–Crippen LogP) is 2.78. The van der Waals surface area contributed by atoms with Gasteiger partial charge in [-0.2, -0.15) is 0 Å².